The molecule has 1 amide bonds. The van der Waals surface area contributed by atoms with Crippen LogP contribution in [0.4, 0.5) is 0 Å². The van der Waals surface area contributed by atoms with Crippen LogP contribution in [0.3, 0.4) is 0 Å². The number of carbonyl (C=O) groups excluding carboxylic acids is 1. The third-order valence-corrected chi connectivity index (χ3v) is 9.19. The van der Waals surface area contributed by atoms with Gasteiger partial charge < -0.3 is 14.2 Å². The van der Waals surface area contributed by atoms with Crippen LogP contribution in [0.25, 0.3) is 0 Å². The van der Waals surface area contributed by atoms with Crippen LogP contribution in [0, 0.1) is 0 Å². The summed E-state index contributed by atoms with van der Waals surface area (Å²) in [6.07, 6.45) is 4.70. The molecule has 2 atom stereocenters. The fraction of sp³-hybridized carbons (Fsp3) is 0.370. The van der Waals surface area contributed by atoms with Crippen LogP contribution in [0.2, 0.25) is 0 Å². The Morgan fingerprint density at radius 1 is 0.971 bits per heavy atom. The summed E-state index contributed by atoms with van der Waals surface area (Å²) in [5, 5.41) is 0. The molecule has 3 aromatic rings. The average Bonchev–Trinajstić information content (AvgIpc) is 3.37. The van der Waals surface area contributed by atoms with Crippen molar-refractivity contribution >= 4 is 15.9 Å². The number of ether oxygens (including phenoxy) is 1. The number of piperidine rings is 1. The van der Waals surface area contributed by atoms with Gasteiger partial charge in [0.15, 0.2) is 0 Å². The summed E-state index contributed by atoms with van der Waals surface area (Å²) in [4.78, 5) is 15.8. The minimum absolute atomic E-state index is 0.0521. The molecule has 2 aromatic carbocycles. The van der Waals surface area contributed by atoms with E-state index in [0.29, 0.717) is 25.2 Å². The smallest absolute Gasteiger partial charge is 0.254 e. The number of sulfonamides is 1. The van der Waals surface area contributed by atoms with Gasteiger partial charge in [0, 0.05) is 43.1 Å². The lowest BCUT2D eigenvalue weighted by molar-refractivity contribution is 0.0663. The minimum Gasteiger partial charge on any atom is -0.495 e. The maximum atomic E-state index is 13.9. The Morgan fingerprint density at radius 3 is 2.51 bits per heavy atom. The first kappa shape index (κ1) is 23.6. The zero-order chi connectivity index (χ0) is 24.6. The Bertz CT molecular complexity index is 1320. The average molecular weight is 494 g/mol. The molecule has 3 heterocycles. The van der Waals surface area contributed by atoms with Crippen molar-refractivity contribution in [3.8, 4) is 5.75 Å². The number of methoxy groups -OCH3 is 1. The number of nitrogens with zero attached hydrogens (tertiary/aromatic N) is 3. The zero-order valence-corrected chi connectivity index (χ0v) is 20.9. The number of benzene rings is 2. The molecule has 7 nitrogen and oxygen atoms in total. The largest absolute Gasteiger partial charge is 0.495 e. The molecule has 2 aliphatic rings. The van der Waals surface area contributed by atoms with Gasteiger partial charge in [-0.25, -0.2) is 8.42 Å². The van der Waals surface area contributed by atoms with Gasteiger partial charge in [0.05, 0.1) is 13.2 Å². The van der Waals surface area contributed by atoms with Crippen molar-refractivity contribution in [2.24, 2.45) is 0 Å². The van der Waals surface area contributed by atoms with Crippen molar-refractivity contribution in [3.05, 3.63) is 83.7 Å². The first-order valence-electron chi connectivity index (χ1n) is 12.1. The van der Waals surface area contributed by atoms with Crippen molar-refractivity contribution in [3.63, 3.8) is 0 Å². The van der Waals surface area contributed by atoms with Gasteiger partial charge in [-0.2, -0.15) is 4.31 Å². The van der Waals surface area contributed by atoms with Gasteiger partial charge in [-0.15, -0.1) is 0 Å². The van der Waals surface area contributed by atoms with Gasteiger partial charge in [0.2, 0.25) is 10.0 Å². The number of aromatic nitrogens is 1. The van der Waals surface area contributed by atoms with E-state index in [-0.39, 0.29) is 28.6 Å². The van der Waals surface area contributed by atoms with Crippen molar-refractivity contribution in [1.82, 2.24) is 13.8 Å². The molecule has 8 heteroatoms. The van der Waals surface area contributed by atoms with E-state index in [1.54, 1.807) is 16.4 Å². The quantitative estimate of drug-likeness (QED) is 0.531. The van der Waals surface area contributed by atoms with Gasteiger partial charge in [0.1, 0.15) is 10.6 Å². The lowest BCUT2D eigenvalue weighted by Crippen LogP contribution is -2.43. The molecule has 2 unspecified atom stereocenters. The van der Waals surface area contributed by atoms with Crippen LogP contribution in [0.5, 0.6) is 5.75 Å². The fourth-order valence-corrected chi connectivity index (χ4v) is 7.20. The molecule has 184 valence electrons. The van der Waals surface area contributed by atoms with Gasteiger partial charge >= 0.3 is 0 Å². The monoisotopic (exact) mass is 493 g/mol. The Balaban J connectivity index is 1.54. The molecular weight excluding hydrogens is 462 g/mol. The molecule has 0 aliphatic carbocycles. The molecule has 0 bridgehead atoms. The van der Waals surface area contributed by atoms with Crippen molar-refractivity contribution in [1.29, 1.82) is 0 Å². The van der Waals surface area contributed by atoms with Crippen molar-refractivity contribution in [2.45, 2.75) is 49.7 Å². The summed E-state index contributed by atoms with van der Waals surface area (Å²) in [7, 11) is -2.35. The zero-order valence-electron chi connectivity index (χ0n) is 20.1. The molecule has 35 heavy (non-hydrogen) atoms. The van der Waals surface area contributed by atoms with Gasteiger partial charge in [-0.3, -0.25) is 4.79 Å². The molecule has 5 rings (SSSR count). The lowest BCUT2D eigenvalue weighted by Gasteiger charge is -2.37. The summed E-state index contributed by atoms with van der Waals surface area (Å²) in [5.41, 5.74) is 2.40. The number of amides is 1. The van der Waals surface area contributed by atoms with E-state index in [0.717, 1.165) is 30.5 Å². The number of hydrogen-bond acceptors (Lipinski definition) is 4. The Labute approximate surface area is 207 Å². The molecule has 0 N–H and O–H groups in total. The molecule has 0 saturated carbocycles. The summed E-state index contributed by atoms with van der Waals surface area (Å²) < 4.78 is 36.5. The number of carbonyl (C=O) groups is 1. The highest BCUT2D eigenvalue weighted by Crippen LogP contribution is 2.36. The SMILES string of the molecule is COc1ccc(C(=O)N2CCn3cccc3C2c2ccccc2)cc1S(=O)(=O)N1CCCCC1C. The number of fused-ring (bicyclic) bond motifs is 1. The van der Waals surface area contributed by atoms with Gasteiger partial charge in [0.25, 0.3) is 5.91 Å². The van der Waals surface area contributed by atoms with E-state index >= 15 is 0 Å². The second-order valence-corrected chi connectivity index (χ2v) is 11.1. The minimum atomic E-state index is -3.81. The fourth-order valence-electron chi connectivity index (χ4n) is 5.32. The molecule has 0 radical (unpaired) electrons. The summed E-state index contributed by atoms with van der Waals surface area (Å²) >= 11 is 0. The van der Waals surface area contributed by atoms with Crippen LogP contribution >= 0.6 is 0 Å². The molecule has 1 aromatic heterocycles. The van der Waals surface area contributed by atoms with E-state index in [1.807, 2.05) is 60.5 Å². The van der Waals surface area contributed by atoms with E-state index in [2.05, 4.69) is 4.57 Å². The van der Waals surface area contributed by atoms with Crippen LogP contribution in [-0.2, 0) is 16.6 Å². The van der Waals surface area contributed by atoms with Gasteiger partial charge in [-0.1, -0.05) is 36.8 Å². The molecule has 1 saturated heterocycles. The van der Waals surface area contributed by atoms with Crippen LogP contribution in [0.1, 0.15) is 53.8 Å². The predicted octanol–water partition coefficient (Wildman–Crippen LogP) is 4.31. The standard InChI is InChI=1S/C27H31N3O4S/c1-20-9-6-7-16-30(20)35(32,33)25-19-22(13-14-24(25)34-2)27(31)29-18-17-28-15-8-12-23(28)26(29)21-10-4-3-5-11-21/h3-5,8,10-15,19-20,26H,6-7,9,16-18H2,1-2H3. The third kappa shape index (κ3) is 4.25. The Morgan fingerprint density at radius 2 is 1.77 bits per heavy atom. The van der Waals surface area contributed by atoms with Crippen molar-refractivity contribution < 1.29 is 17.9 Å². The summed E-state index contributed by atoms with van der Waals surface area (Å²) in [6.45, 7) is 3.62. The van der Waals surface area contributed by atoms with Crippen molar-refractivity contribution in [2.75, 3.05) is 20.2 Å². The Kier molecular flexibility index (Phi) is 6.42. The number of hydrogen-bond donors (Lipinski definition) is 0. The molecular formula is C27H31N3O4S. The topological polar surface area (TPSA) is 71.8 Å². The summed E-state index contributed by atoms with van der Waals surface area (Å²) in [5.74, 6) is 0.0588. The summed E-state index contributed by atoms with van der Waals surface area (Å²) in [6, 6.07) is 18.4. The van der Waals surface area contributed by atoms with E-state index in [4.69, 9.17) is 4.74 Å². The third-order valence-electron chi connectivity index (χ3n) is 7.15. The van der Waals surface area contributed by atoms with E-state index in [9.17, 15) is 13.2 Å². The van der Waals surface area contributed by atoms with Gasteiger partial charge in [-0.05, 0) is 55.7 Å². The normalized spacial score (nSPS) is 20.9. The second kappa shape index (κ2) is 9.51. The number of rotatable bonds is 5. The highest BCUT2D eigenvalue weighted by Gasteiger charge is 2.36. The molecule has 0 spiro atoms. The van der Waals surface area contributed by atoms with E-state index in [1.165, 1.54) is 13.2 Å². The maximum absolute atomic E-state index is 13.9. The predicted molar refractivity (Wildman–Crippen MR) is 134 cm³/mol. The van der Waals surface area contributed by atoms with Crippen LogP contribution in [0.15, 0.2) is 71.8 Å². The molecule has 1 fully saturated rings. The highest BCUT2D eigenvalue weighted by atomic mass is 32.2. The first-order chi connectivity index (χ1) is 16.9. The van der Waals surface area contributed by atoms with Crippen LogP contribution in [-0.4, -0.2) is 54.3 Å². The van der Waals surface area contributed by atoms with E-state index < -0.39 is 10.0 Å². The molecule has 2 aliphatic heterocycles. The lowest BCUT2D eigenvalue weighted by atomic mass is 9.99. The maximum Gasteiger partial charge on any atom is 0.254 e. The first-order valence-corrected chi connectivity index (χ1v) is 13.6. The van der Waals surface area contributed by atoms with Crippen LogP contribution < -0.4 is 4.74 Å². The highest BCUT2D eigenvalue weighted by molar-refractivity contribution is 7.89. The second-order valence-electron chi connectivity index (χ2n) is 9.26. The Hall–Kier alpha value is -3.10.